The Morgan fingerprint density at radius 1 is 1.44 bits per heavy atom. The van der Waals surface area contributed by atoms with E-state index in [-0.39, 0.29) is 17.9 Å². The Morgan fingerprint density at radius 3 is 2.50 bits per heavy atom. The fourth-order valence-electron chi connectivity index (χ4n) is 1.61. The predicted molar refractivity (Wildman–Crippen MR) is 61.2 cm³/mol. The molecule has 5 nitrogen and oxygen atoms in total. The molecule has 0 spiro atoms. The van der Waals surface area contributed by atoms with Crippen LogP contribution < -0.4 is 5.32 Å². The van der Waals surface area contributed by atoms with E-state index >= 15 is 0 Å². The van der Waals surface area contributed by atoms with Gasteiger partial charge in [0.05, 0.1) is 6.61 Å². The number of hydrogen-bond donors (Lipinski definition) is 2. The Labute approximate surface area is 97.1 Å². The standard InChI is InChI=1S/C11H23NO4/c1-11(2,8-15-3)9(16-4)10(14)12-6-5-7-13/h9,13H,5-8H2,1-4H3,(H,12,14)/t9-/m1/s1. The van der Waals surface area contributed by atoms with Crippen LogP contribution in [0.4, 0.5) is 0 Å². The highest BCUT2D eigenvalue weighted by Crippen LogP contribution is 2.23. The van der Waals surface area contributed by atoms with Crippen molar-refractivity contribution in [2.24, 2.45) is 5.41 Å². The van der Waals surface area contributed by atoms with Gasteiger partial charge in [-0.05, 0) is 6.42 Å². The molecule has 1 atom stereocenters. The van der Waals surface area contributed by atoms with Crippen molar-refractivity contribution >= 4 is 5.91 Å². The van der Waals surface area contributed by atoms with Gasteiger partial charge in [-0.1, -0.05) is 13.8 Å². The number of aliphatic hydroxyl groups excluding tert-OH is 1. The lowest BCUT2D eigenvalue weighted by atomic mass is 9.86. The highest BCUT2D eigenvalue weighted by molar-refractivity contribution is 5.81. The maximum absolute atomic E-state index is 11.8. The van der Waals surface area contributed by atoms with Gasteiger partial charge in [0.2, 0.25) is 5.91 Å². The van der Waals surface area contributed by atoms with E-state index < -0.39 is 6.10 Å². The van der Waals surface area contributed by atoms with Crippen molar-refractivity contribution in [2.45, 2.75) is 26.4 Å². The molecule has 96 valence electrons. The van der Waals surface area contributed by atoms with Crippen LogP contribution in [0.15, 0.2) is 0 Å². The maximum atomic E-state index is 11.8. The fraction of sp³-hybridized carbons (Fsp3) is 0.909. The zero-order valence-corrected chi connectivity index (χ0v) is 10.6. The summed E-state index contributed by atoms with van der Waals surface area (Å²) in [6, 6.07) is 0. The second kappa shape index (κ2) is 7.60. The van der Waals surface area contributed by atoms with Gasteiger partial charge in [-0.3, -0.25) is 4.79 Å². The maximum Gasteiger partial charge on any atom is 0.249 e. The number of nitrogens with one attached hydrogen (secondary N) is 1. The molecule has 0 heterocycles. The van der Waals surface area contributed by atoms with E-state index in [1.54, 1.807) is 7.11 Å². The summed E-state index contributed by atoms with van der Waals surface area (Å²) in [5, 5.41) is 11.3. The number of amides is 1. The molecule has 0 radical (unpaired) electrons. The molecule has 0 saturated heterocycles. The molecule has 0 aliphatic rings. The smallest absolute Gasteiger partial charge is 0.249 e. The van der Waals surface area contributed by atoms with Gasteiger partial charge in [0.25, 0.3) is 0 Å². The summed E-state index contributed by atoms with van der Waals surface area (Å²) in [5.74, 6) is -0.169. The average Bonchev–Trinajstić information content (AvgIpc) is 2.18. The normalized spacial score (nSPS) is 13.6. The van der Waals surface area contributed by atoms with E-state index in [1.165, 1.54) is 7.11 Å². The van der Waals surface area contributed by atoms with Crippen molar-refractivity contribution in [3.63, 3.8) is 0 Å². The van der Waals surface area contributed by atoms with Gasteiger partial charge in [-0.2, -0.15) is 0 Å². The molecule has 0 bridgehead atoms. The zero-order valence-electron chi connectivity index (χ0n) is 10.6. The molecule has 0 saturated carbocycles. The summed E-state index contributed by atoms with van der Waals surface area (Å²) < 4.78 is 10.3. The summed E-state index contributed by atoms with van der Waals surface area (Å²) in [7, 11) is 3.10. The van der Waals surface area contributed by atoms with Crippen LogP contribution in [0.2, 0.25) is 0 Å². The largest absolute Gasteiger partial charge is 0.396 e. The number of carbonyl (C=O) groups excluding carboxylic acids is 1. The SMILES string of the molecule is COCC(C)(C)[C@H](OC)C(=O)NCCCO. The summed E-state index contributed by atoms with van der Waals surface area (Å²) in [5.41, 5.74) is -0.382. The lowest BCUT2D eigenvalue weighted by Crippen LogP contribution is -2.47. The fourth-order valence-corrected chi connectivity index (χ4v) is 1.61. The zero-order chi connectivity index (χ0) is 12.6. The minimum atomic E-state index is -0.550. The van der Waals surface area contributed by atoms with Gasteiger partial charge >= 0.3 is 0 Å². The number of rotatable bonds is 8. The van der Waals surface area contributed by atoms with E-state index in [4.69, 9.17) is 14.6 Å². The first kappa shape index (κ1) is 15.3. The van der Waals surface area contributed by atoms with Crippen LogP contribution in [0.25, 0.3) is 0 Å². The molecule has 2 N–H and O–H groups in total. The van der Waals surface area contributed by atoms with Crippen LogP contribution in [-0.2, 0) is 14.3 Å². The van der Waals surface area contributed by atoms with E-state index in [0.717, 1.165) is 0 Å². The molecule has 16 heavy (non-hydrogen) atoms. The number of carbonyl (C=O) groups is 1. The first-order valence-electron chi connectivity index (χ1n) is 5.40. The molecular formula is C11H23NO4. The molecule has 0 aromatic rings. The van der Waals surface area contributed by atoms with E-state index in [1.807, 2.05) is 13.8 Å². The topological polar surface area (TPSA) is 67.8 Å². The summed E-state index contributed by atoms with van der Waals surface area (Å²) in [6.45, 7) is 4.79. The molecule has 0 aliphatic heterocycles. The molecular weight excluding hydrogens is 210 g/mol. The molecule has 0 aromatic heterocycles. The predicted octanol–water partition coefficient (Wildman–Crippen LogP) is 0.173. The highest BCUT2D eigenvalue weighted by Gasteiger charge is 2.35. The second-order valence-corrected chi connectivity index (χ2v) is 4.41. The number of aliphatic hydroxyl groups is 1. The molecule has 0 aliphatic carbocycles. The molecule has 0 aromatic carbocycles. The number of methoxy groups -OCH3 is 2. The van der Waals surface area contributed by atoms with Gasteiger partial charge in [0.1, 0.15) is 6.10 Å². The minimum Gasteiger partial charge on any atom is -0.396 e. The van der Waals surface area contributed by atoms with E-state index in [0.29, 0.717) is 19.6 Å². The summed E-state index contributed by atoms with van der Waals surface area (Å²) >= 11 is 0. The number of hydrogen-bond acceptors (Lipinski definition) is 4. The van der Waals surface area contributed by atoms with Gasteiger partial charge < -0.3 is 19.9 Å². The molecule has 0 fully saturated rings. The van der Waals surface area contributed by atoms with Crippen molar-refractivity contribution in [1.82, 2.24) is 5.32 Å². The van der Waals surface area contributed by atoms with Crippen LogP contribution in [0, 0.1) is 5.41 Å². The van der Waals surface area contributed by atoms with Crippen LogP contribution in [0.3, 0.4) is 0 Å². The first-order valence-corrected chi connectivity index (χ1v) is 5.40. The summed E-state index contributed by atoms with van der Waals surface area (Å²) in [4.78, 5) is 11.8. The van der Waals surface area contributed by atoms with Gasteiger partial charge in [0.15, 0.2) is 0 Å². The van der Waals surface area contributed by atoms with Crippen LogP contribution in [0.5, 0.6) is 0 Å². The quantitative estimate of drug-likeness (QED) is 0.587. The van der Waals surface area contributed by atoms with E-state index in [9.17, 15) is 4.79 Å². The third-order valence-corrected chi connectivity index (χ3v) is 2.33. The summed E-state index contributed by atoms with van der Waals surface area (Å²) in [6.07, 6.45) is -0.00138. The van der Waals surface area contributed by atoms with Gasteiger partial charge in [-0.15, -0.1) is 0 Å². The van der Waals surface area contributed by atoms with Gasteiger partial charge in [0, 0.05) is 32.8 Å². The number of ether oxygens (including phenoxy) is 2. The van der Waals surface area contributed by atoms with Crippen molar-refractivity contribution in [1.29, 1.82) is 0 Å². The van der Waals surface area contributed by atoms with Crippen LogP contribution in [-0.4, -0.2) is 51.1 Å². The minimum absolute atomic E-state index is 0.0688. The Balaban J connectivity index is 4.30. The van der Waals surface area contributed by atoms with Crippen LogP contribution in [0.1, 0.15) is 20.3 Å². The Kier molecular flexibility index (Phi) is 7.29. The molecule has 0 rings (SSSR count). The van der Waals surface area contributed by atoms with Crippen molar-refractivity contribution in [3.05, 3.63) is 0 Å². The third-order valence-electron chi connectivity index (χ3n) is 2.33. The third kappa shape index (κ3) is 4.92. The monoisotopic (exact) mass is 233 g/mol. The van der Waals surface area contributed by atoms with Crippen molar-refractivity contribution in [2.75, 3.05) is 34.0 Å². The lowest BCUT2D eigenvalue weighted by Gasteiger charge is -2.31. The average molecular weight is 233 g/mol. The van der Waals surface area contributed by atoms with Crippen LogP contribution >= 0.6 is 0 Å². The first-order chi connectivity index (χ1) is 7.49. The molecule has 5 heteroatoms. The molecule has 1 amide bonds. The second-order valence-electron chi connectivity index (χ2n) is 4.41. The van der Waals surface area contributed by atoms with Crippen molar-refractivity contribution in [3.8, 4) is 0 Å². The highest BCUT2D eigenvalue weighted by atomic mass is 16.5. The van der Waals surface area contributed by atoms with E-state index in [2.05, 4.69) is 5.32 Å². The van der Waals surface area contributed by atoms with Gasteiger partial charge in [-0.25, -0.2) is 0 Å². The Hall–Kier alpha value is -0.650. The Morgan fingerprint density at radius 2 is 2.06 bits per heavy atom. The molecule has 0 unspecified atom stereocenters. The van der Waals surface area contributed by atoms with Crippen molar-refractivity contribution < 1.29 is 19.4 Å². The Bertz CT molecular complexity index is 206. The lowest BCUT2D eigenvalue weighted by molar-refractivity contribution is -0.140.